The van der Waals surface area contributed by atoms with Crippen molar-refractivity contribution >= 4 is 36.4 Å². The molecule has 0 spiro atoms. The predicted octanol–water partition coefficient (Wildman–Crippen LogP) is 4.11. The van der Waals surface area contributed by atoms with Crippen molar-refractivity contribution in [2.75, 3.05) is 40.4 Å². The average molecular weight is 398 g/mol. The SMILES string of the molecule is C=C(C)C[C@H](c1ccc(OC)c(OC)c1Cl)N1CCNCC1.Cl.Cl. The summed E-state index contributed by atoms with van der Waals surface area (Å²) in [5.41, 5.74) is 2.22. The van der Waals surface area contributed by atoms with Gasteiger partial charge < -0.3 is 14.8 Å². The van der Waals surface area contributed by atoms with Gasteiger partial charge in [0.15, 0.2) is 11.5 Å². The highest BCUT2D eigenvalue weighted by Gasteiger charge is 2.26. The number of hydrogen-bond acceptors (Lipinski definition) is 4. The Hall–Kier alpha value is -0.650. The Bertz CT molecular complexity index is 535. The smallest absolute Gasteiger partial charge is 0.179 e. The number of ether oxygens (including phenoxy) is 2. The lowest BCUT2D eigenvalue weighted by Crippen LogP contribution is -2.45. The molecule has 2 rings (SSSR count). The van der Waals surface area contributed by atoms with Crippen LogP contribution in [0.1, 0.15) is 24.9 Å². The van der Waals surface area contributed by atoms with Crippen LogP contribution in [0.3, 0.4) is 0 Å². The number of nitrogens with zero attached hydrogens (tertiary/aromatic N) is 1. The molecule has 1 N–H and O–H groups in total. The summed E-state index contributed by atoms with van der Waals surface area (Å²) in [7, 11) is 3.24. The molecule has 1 fully saturated rings. The Balaban J connectivity index is 0.00000264. The van der Waals surface area contributed by atoms with E-state index < -0.39 is 0 Å². The first-order valence-electron chi connectivity index (χ1n) is 7.58. The van der Waals surface area contributed by atoms with Gasteiger partial charge in [0.2, 0.25) is 0 Å². The Labute approximate surface area is 162 Å². The van der Waals surface area contributed by atoms with E-state index in [0.717, 1.165) is 43.7 Å². The number of hydrogen-bond donors (Lipinski definition) is 1. The highest BCUT2D eigenvalue weighted by Crippen LogP contribution is 2.42. The van der Waals surface area contributed by atoms with Gasteiger partial charge in [-0.25, -0.2) is 0 Å². The lowest BCUT2D eigenvalue weighted by molar-refractivity contribution is 0.172. The monoisotopic (exact) mass is 396 g/mol. The molecule has 1 aliphatic heterocycles. The van der Waals surface area contributed by atoms with Gasteiger partial charge in [-0.3, -0.25) is 4.90 Å². The lowest BCUT2D eigenvalue weighted by atomic mass is 9.97. The number of nitrogens with one attached hydrogen (secondary N) is 1. The third-order valence-corrected chi connectivity index (χ3v) is 4.40. The van der Waals surface area contributed by atoms with Gasteiger partial charge in [0.05, 0.1) is 19.2 Å². The van der Waals surface area contributed by atoms with E-state index in [9.17, 15) is 0 Å². The van der Waals surface area contributed by atoms with Crippen LogP contribution in [0.4, 0.5) is 0 Å². The molecule has 1 aliphatic rings. The van der Waals surface area contributed by atoms with Crippen molar-refractivity contribution in [3.63, 3.8) is 0 Å². The van der Waals surface area contributed by atoms with Crippen LogP contribution in [0.5, 0.6) is 11.5 Å². The molecule has 1 atom stereocenters. The Kier molecular flexibility index (Phi) is 10.8. The maximum Gasteiger partial charge on any atom is 0.179 e. The molecule has 1 aromatic carbocycles. The Morgan fingerprint density at radius 3 is 2.38 bits per heavy atom. The number of piperazine rings is 1. The number of rotatable bonds is 6. The number of benzene rings is 1. The zero-order valence-electron chi connectivity index (χ0n) is 14.4. The molecule has 138 valence electrons. The fourth-order valence-corrected chi connectivity index (χ4v) is 3.28. The van der Waals surface area contributed by atoms with Crippen LogP contribution < -0.4 is 14.8 Å². The van der Waals surface area contributed by atoms with Crippen molar-refractivity contribution in [1.82, 2.24) is 10.2 Å². The lowest BCUT2D eigenvalue weighted by Gasteiger charge is -2.36. The Morgan fingerprint density at radius 2 is 1.88 bits per heavy atom. The van der Waals surface area contributed by atoms with E-state index >= 15 is 0 Å². The molecule has 24 heavy (non-hydrogen) atoms. The normalized spacial score (nSPS) is 15.7. The van der Waals surface area contributed by atoms with Crippen molar-refractivity contribution in [3.8, 4) is 11.5 Å². The zero-order valence-corrected chi connectivity index (χ0v) is 16.8. The van der Waals surface area contributed by atoms with Gasteiger partial charge in [0.1, 0.15) is 0 Å². The summed E-state index contributed by atoms with van der Waals surface area (Å²) in [6.45, 7) is 10.1. The molecule has 0 radical (unpaired) electrons. The fraction of sp³-hybridized carbons (Fsp3) is 0.529. The molecule has 1 aromatic rings. The summed E-state index contributed by atoms with van der Waals surface area (Å²) >= 11 is 6.61. The quantitative estimate of drug-likeness (QED) is 0.732. The summed E-state index contributed by atoms with van der Waals surface area (Å²) in [5.74, 6) is 1.26. The van der Waals surface area contributed by atoms with Crippen molar-refractivity contribution in [2.24, 2.45) is 0 Å². The molecule has 0 aromatic heterocycles. The largest absolute Gasteiger partial charge is 0.493 e. The molecule has 1 heterocycles. The van der Waals surface area contributed by atoms with Crippen LogP contribution in [0.25, 0.3) is 0 Å². The van der Waals surface area contributed by atoms with Gasteiger partial charge in [-0.2, -0.15) is 0 Å². The molecule has 0 unspecified atom stereocenters. The average Bonchev–Trinajstić information content (AvgIpc) is 2.53. The maximum absolute atomic E-state index is 6.61. The van der Waals surface area contributed by atoms with Crippen LogP contribution in [0.2, 0.25) is 5.02 Å². The van der Waals surface area contributed by atoms with Gasteiger partial charge in [-0.1, -0.05) is 23.2 Å². The molecule has 0 aliphatic carbocycles. The van der Waals surface area contributed by atoms with Gasteiger partial charge in [0, 0.05) is 32.2 Å². The molecule has 4 nitrogen and oxygen atoms in total. The van der Waals surface area contributed by atoms with E-state index in [1.54, 1.807) is 14.2 Å². The van der Waals surface area contributed by atoms with Gasteiger partial charge >= 0.3 is 0 Å². The van der Waals surface area contributed by atoms with E-state index in [0.29, 0.717) is 16.5 Å². The summed E-state index contributed by atoms with van der Waals surface area (Å²) < 4.78 is 10.8. The molecule has 0 bridgehead atoms. The molecular weight excluding hydrogens is 371 g/mol. The molecule has 0 amide bonds. The highest BCUT2D eigenvalue weighted by atomic mass is 35.5. The summed E-state index contributed by atoms with van der Waals surface area (Å²) in [5, 5.41) is 4.02. The minimum Gasteiger partial charge on any atom is -0.493 e. The highest BCUT2D eigenvalue weighted by molar-refractivity contribution is 6.33. The standard InChI is InChI=1S/C17H25ClN2O2.2ClH/c1-12(2)11-14(20-9-7-19-8-10-20)13-5-6-15(21-3)17(22-4)16(13)18;;/h5-6,14,19H,1,7-11H2,2-4H3;2*1H/t14-;;/m1../s1. The molecule has 0 saturated carbocycles. The second kappa shape index (κ2) is 11.1. The second-order valence-corrected chi connectivity index (χ2v) is 6.05. The van der Waals surface area contributed by atoms with Crippen molar-refractivity contribution in [2.45, 2.75) is 19.4 Å². The minimum atomic E-state index is 0. The molecular formula is C17H27Cl3N2O2. The summed E-state index contributed by atoms with van der Waals surface area (Å²) in [4.78, 5) is 2.46. The predicted molar refractivity (Wildman–Crippen MR) is 106 cm³/mol. The van der Waals surface area contributed by atoms with Crippen LogP contribution in [-0.4, -0.2) is 45.3 Å². The first kappa shape index (κ1) is 23.4. The molecule has 7 heteroatoms. The van der Waals surface area contributed by atoms with Gasteiger partial charge in [-0.15, -0.1) is 31.4 Å². The van der Waals surface area contributed by atoms with Crippen LogP contribution in [0, 0.1) is 0 Å². The van der Waals surface area contributed by atoms with Crippen LogP contribution >= 0.6 is 36.4 Å². The number of halogens is 3. The van der Waals surface area contributed by atoms with Crippen LogP contribution in [-0.2, 0) is 0 Å². The van der Waals surface area contributed by atoms with E-state index in [1.807, 2.05) is 12.1 Å². The maximum atomic E-state index is 6.61. The van der Waals surface area contributed by atoms with E-state index in [4.69, 9.17) is 21.1 Å². The van der Waals surface area contributed by atoms with E-state index in [-0.39, 0.29) is 30.9 Å². The minimum absolute atomic E-state index is 0. The first-order valence-corrected chi connectivity index (χ1v) is 7.95. The van der Waals surface area contributed by atoms with Crippen molar-refractivity contribution in [1.29, 1.82) is 0 Å². The van der Waals surface area contributed by atoms with Gasteiger partial charge in [0.25, 0.3) is 0 Å². The zero-order chi connectivity index (χ0) is 16.1. The third kappa shape index (κ3) is 5.43. The fourth-order valence-electron chi connectivity index (χ4n) is 2.92. The Morgan fingerprint density at radius 1 is 1.25 bits per heavy atom. The second-order valence-electron chi connectivity index (χ2n) is 5.67. The van der Waals surface area contributed by atoms with Crippen molar-refractivity contribution in [3.05, 3.63) is 34.9 Å². The topological polar surface area (TPSA) is 33.7 Å². The van der Waals surface area contributed by atoms with Crippen LogP contribution in [0.15, 0.2) is 24.3 Å². The summed E-state index contributed by atoms with van der Waals surface area (Å²) in [6, 6.07) is 4.18. The molecule has 1 saturated heterocycles. The van der Waals surface area contributed by atoms with Crippen molar-refractivity contribution < 1.29 is 9.47 Å². The van der Waals surface area contributed by atoms with E-state index in [2.05, 4.69) is 23.7 Å². The third-order valence-electron chi connectivity index (χ3n) is 4.01. The number of methoxy groups -OCH3 is 2. The van der Waals surface area contributed by atoms with E-state index in [1.165, 1.54) is 0 Å². The summed E-state index contributed by atoms with van der Waals surface area (Å²) in [6.07, 6.45) is 0.884. The van der Waals surface area contributed by atoms with Gasteiger partial charge in [-0.05, 0) is 25.0 Å². The first-order chi connectivity index (χ1) is 10.6.